The number of ether oxygens (including phenoxy) is 1. The van der Waals surface area contributed by atoms with E-state index >= 15 is 0 Å². The molecular formula is C24H32N12O4S. The van der Waals surface area contributed by atoms with Gasteiger partial charge in [0.1, 0.15) is 24.1 Å². The molecule has 0 amide bonds. The summed E-state index contributed by atoms with van der Waals surface area (Å²) in [6.45, 7) is 4.10. The molecule has 8 N–H and O–H groups in total. The normalized spacial score (nSPS) is 24.0. The minimum atomic E-state index is -1.11. The second-order valence-electron chi connectivity index (χ2n) is 10.2. The number of hydrogen-bond donors (Lipinski definition) is 6. The first-order chi connectivity index (χ1) is 19.9. The molecule has 2 fully saturated rings. The molecule has 218 valence electrons. The molecule has 0 bridgehead atoms. The first kappa shape index (κ1) is 27.7. The van der Waals surface area contributed by atoms with Crippen molar-refractivity contribution in [2.45, 2.75) is 49.2 Å². The van der Waals surface area contributed by atoms with Crippen LogP contribution in [0.3, 0.4) is 0 Å². The summed E-state index contributed by atoms with van der Waals surface area (Å²) in [5.74, 6) is 0.836. The monoisotopic (exact) mass is 584 g/mol. The maximum absolute atomic E-state index is 12.0. The van der Waals surface area contributed by atoms with E-state index in [1.165, 1.54) is 12.7 Å². The van der Waals surface area contributed by atoms with Crippen LogP contribution in [-0.2, 0) is 11.3 Å². The van der Waals surface area contributed by atoms with Gasteiger partial charge < -0.3 is 36.6 Å². The van der Waals surface area contributed by atoms with Crippen molar-refractivity contribution in [1.82, 2.24) is 49.7 Å². The predicted molar refractivity (Wildman–Crippen MR) is 152 cm³/mol. The number of hydrogen-bond acceptors (Lipinski definition) is 15. The molecule has 0 spiro atoms. The van der Waals surface area contributed by atoms with Gasteiger partial charge in [-0.2, -0.15) is 16.7 Å². The highest BCUT2D eigenvalue weighted by molar-refractivity contribution is 7.99. The number of fused-ring (bicyclic) bond motifs is 2. The van der Waals surface area contributed by atoms with Crippen molar-refractivity contribution in [1.29, 1.82) is 0 Å². The standard InChI is InChI=1S/C24H32N12O4S/c25-19-15-21(30-10-29-19)36(11-31-15)23-18(38)17(37)14(40-23)9-41-13-1-4-35(5-2-13)6-3-27-7-12-8-28-20-16(32-12)22(39)34-24(26)33-20/h8,10-11,13-14,17-18,23,27,37-38H,1-7,9H2,(H2,25,29,30)(H3,26,28,33,34,39)/t14-,17?,18+,23-/m1/s1. The van der Waals surface area contributed by atoms with E-state index < -0.39 is 30.1 Å². The first-order valence-corrected chi connectivity index (χ1v) is 14.4. The second kappa shape index (κ2) is 11.8. The Bertz CT molecular complexity index is 1580. The van der Waals surface area contributed by atoms with Crippen LogP contribution >= 0.6 is 11.8 Å². The van der Waals surface area contributed by atoms with Gasteiger partial charge in [-0.05, 0) is 25.9 Å². The zero-order chi connectivity index (χ0) is 28.5. The molecule has 41 heavy (non-hydrogen) atoms. The fourth-order valence-corrected chi connectivity index (χ4v) is 6.47. The van der Waals surface area contributed by atoms with Gasteiger partial charge in [-0.15, -0.1) is 0 Å². The lowest BCUT2D eigenvalue weighted by Crippen LogP contribution is -2.39. The Kier molecular flexibility index (Phi) is 7.96. The number of rotatable bonds is 9. The summed E-state index contributed by atoms with van der Waals surface area (Å²) in [5, 5.41) is 25.2. The van der Waals surface area contributed by atoms with E-state index in [0.29, 0.717) is 34.4 Å². The molecule has 2 aliphatic rings. The Hall–Kier alpha value is -3.48. The number of aromatic nitrogens is 8. The molecule has 16 nitrogen and oxygen atoms in total. The maximum Gasteiger partial charge on any atom is 0.280 e. The van der Waals surface area contributed by atoms with Gasteiger partial charge in [0.05, 0.1) is 24.3 Å². The van der Waals surface area contributed by atoms with Crippen molar-refractivity contribution < 1.29 is 14.9 Å². The topological polar surface area (TPSA) is 232 Å². The third-order valence-corrected chi connectivity index (χ3v) is 8.89. The van der Waals surface area contributed by atoms with Crippen LogP contribution in [0.1, 0.15) is 24.8 Å². The van der Waals surface area contributed by atoms with Gasteiger partial charge in [-0.3, -0.25) is 14.3 Å². The van der Waals surface area contributed by atoms with Gasteiger partial charge in [0, 0.05) is 30.6 Å². The number of nitrogens with one attached hydrogen (secondary N) is 2. The zero-order valence-corrected chi connectivity index (χ0v) is 22.9. The van der Waals surface area contributed by atoms with Gasteiger partial charge in [0.15, 0.2) is 28.9 Å². The summed E-state index contributed by atoms with van der Waals surface area (Å²) >= 11 is 1.77. The lowest BCUT2D eigenvalue weighted by atomic mass is 10.1. The highest BCUT2D eigenvalue weighted by Gasteiger charge is 2.44. The number of imidazole rings is 1. The Labute approximate surface area is 238 Å². The molecule has 0 aliphatic carbocycles. The van der Waals surface area contributed by atoms with E-state index in [2.05, 4.69) is 45.1 Å². The molecule has 2 aliphatic heterocycles. The summed E-state index contributed by atoms with van der Waals surface area (Å²) in [6.07, 6.45) is 3.03. The van der Waals surface area contributed by atoms with E-state index in [0.717, 1.165) is 39.0 Å². The molecule has 4 aromatic heterocycles. The van der Waals surface area contributed by atoms with Crippen LogP contribution in [0, 0.1) is 0 Å². The predicted octanol–water partition coefficient (Wildman–Crippen LogP) is -1.38. The number of nitrogens with zero attached hydrogens (tertiary/aromatic N) is 8. The van der Waals surface area contributed by atoms with Crippen molar-refractivity contribution >= 4 is 45.9 Å². The van der Waals surface area contributed by atoms with E-state index in [1.807, 2.05) is 0 Å². The summed E-state index contributed by atoms with van der Waals surface area (Å²) in [5.41, 5.74) is 13.0. The SMILES string of the molecule is Nc1nc2ncc(CNCCN3CCC(SC[C@H]4O[C@@H](n5cnc6c(N)ncnc65)[C@@H](O)C4O)CC3)nc2c(=O)[nH]1. The minimum Gasteiger partial charge on any atom is -0.387 e. The molecule has 0 saturated carbocycles. The summed E-state index contributed by atoms with van der Waals surface area (Å²) in [7, 11) is 0. The molecule has 2 saturated heterocycles. The number of piperidine rings is 1. The van der Waals surface area contributed by atoms with E-state index in [1.54, 1.807) is 22.5 Å². The van der Waals surface area contributed by atoms with Crippen LogP contribution in [0.15, 0.2) is 23.6 Å². The number of anilines is 2. The van der Waals surface area contributed by atoms with Crippen LogP contribution in [-0.4, -0.2) is 110 Å². The van der Waals surface area contributed by atoms with Crippen LogP contribution < -0.4 is 22.3 Å². The summed E-state index contributed by atoms with van der Waals surface area (Å²) in [6, 6.07) is 0. The number of nitrogen functional groups attached to an aromatic ring is 2. The molecule has 0 radical (unpaired) electrons. The molecule has 0 aromatic carbocycles. The molecule has 4 atom stereocenters. The third kappa shape index (κ3) is 5.81. The van der Waals surface area contributed by atoms with Crippen LogP contribution in [0.4, 0.5) is 11.8 Å². The first-order valence-electron chi connectivity index (χ1n) is 13.4. The average molecular weight is 585 g/mol. The molecule has 6 heterocycles. The maximum atomic E-state index is 12.0. The lowest BCUT2D eigenvalue weighted by Gasteiger charge is -2.32. The highest BCUT2D eigenvalue weighted by Crippen LogP contribution is 2.35. The number of aliphatic hydroxyl groups excluding tert-OH is 2. The average Bonchev–Trinajstić information content (AvgIpc) is 3.52. The number of nitrogens with two attached hydrogens (primary N) is 2. The third-order valence-electron chi connectivity index (χ3n) is 7.43. The van der Waals surface area contributed by atoms with Crippen molar-refractivity contribution in [3.8, 4) is 0 Å². The van der Waals surface area contributed by atoms with Gasteiger partial charge in [-0.1, -0.05) is 0 Å². The van der Waals surface area contributed by atoms with Crippen LogP contribution in [0.5, 0.6) is 0 Å². The molecular weight excluding hydrogens is 552 g/mol. The van der Waals surface area contributed by atoms with Gasteiger partial charge in [-0.25, -0.2) is 24.9 Å². The second-order valence-corrected chi connectivity index (χ2v) is 11.5. The fourth-order valence-electron chi connectivity index (χ4n) is 5.19. The lowest BCUT2D eigenvalue weighted by molar-refractivity contribution is -0.0289. The van der Waals surface area contributed by atoms with Gasteiger partial charge in [0.2, 0.25) is 5.95 Å². The number of aromatic amines is 1. The largest absolute Gasteiger partial charge is 0.387 e. The Balaban J connectivity index is 0.927. The highest BCUT2D eigenvalue weighted by atomic mass is 32.2. The van der Waals surface area contributed by atoms with Crippen LogP contribution in [0.2, 0.25) is 0 Å². The van der Waals surface area contributed by atoms with E-state index in [-0.39, 0.29) is 22.9 Å². The molecule has 1 unspecified atom stereocenters. The molecule has 4 aromatic rings. The Morgan fingerprint density at radius 1 is 1.10 bits per heavy atom. The summed E-state index contributed by atoms with van der Waals surface area (Å²) in [4.78, 5) is 41.8. The van der Waals surface area contributed by atoms with Crippen molar-refractivity contribution in [3.63, 3.8) is 0 Å². The summed E-state index contributed by atoms with van der Waals surface area (Å²) < 4.78 is 7.67. The number of aliphatic hydroxyl groups is 2. The van der Waals surface area contributed by atoms with Gasteiger partial charge >= 0.3 is 0 Å². The van der Waals surface area contributed by atoms with Crippen molar-refractivity contribution in [2.24, 2.45) is 0 Å². The molecule has 17 heteroatoms. The number of likely N-dealkylation sites (tertiary alicyclic amines) is 1. The number of thioether (sulfide) groups is 1. The quantitative estimate of drug-likeness (QED) is 0.124. The Morgan fingerprint density at radius 3 is 2.76 bits per heavy atom. The van der Waals surface area contributed by atoms with E-state index in [9.17, 15) is 15.0 Å². The fraction of sp³-hybridized carbons (Fsp3) is 0.542. The zero-order valence-electron chi connectivity index (χ0n) is 22.1. The Morgan fingerprint density at radius 2 is 1.93 bits per heavy atom. The van der Waals surface area contributed by atoms with E-state index in [4.69, 9.17) is 16.2 Å². The van der Waals surface area contributed by atoms with Gasteiger partial charge in [0.25, 0.3) is 5.56 Å². The van der Waals surface area contributed by atoms with Crippen molar-refractivity contribution in [3.05, 3.63) is 34.9 Å². The van der Waals surface area contributed by atoms with Crippen LogP contribution in [0.25, 0.3) is 22.3 Å². The minimum absolute atomic E-state index is 0.0170. The smallest absolute Gasteiger partial charge is 0.280 e. The van der Waals surface area contributed by atoms with Crippen molar-refractivity contribution in [2.75, 3.05) is 43.4 Å². The molecule has 6 rings (SSSR count). The number of H-pyrrole nitrogens is 1.